The minimum absolute atomic E-state index is 0.255. The quantitative estimate of drug-likeness (QED) is 0.633. The molecular formula is C12H13F3N2O5. The lowest BCUT2D eigenvalue weighted by Crippen LogP contribution is -2.47. The highest BCUT2D eigenvalue weighted by Gasteiger charge is 2.30. The van der Waals surface area contributed by atoms with Crippen LogP contribution in [0.15, 0.2) is 18.2 Å². The minimum atomic E-state index is -3.22. The van der Waals surface area contributed by atoms with Crippen molar-refractivity contribution >= 4 is 17.7 Å². The van der Waals surface area contributed by atoms with Crippen LogP contribution in [0.1, 0.15) is 6.92 Å². The number of carbonyl (C=O) groups excluding carboxylic acids is 1. The largest absolute Gasteiger partial charge is 0.479 e. The maximum Gasteiger partial charge on any atom is 0.387 e. The molecule has 0 heterocycles. The number of benzene rings is 1. The molecule has 4 N–H and O–H groups in total. The van der Waals surface area contributed by atoms with Gasteiger partial charge in [0.25, 0.3) is 0 Å². The number of anilines is 1. The van der Waals surface area contributed by atoms with Gasteiger partial charge in [-0.2, -0.15) is 8.78 Å². The number of hydrogen-bond donors (Lipinski definition) is 4. The van der Waals surface area contributed by atoms with Crippen LogP contribution < -0.4 is 15.4 Å². The molecule has 10 heteroatoms. The summed E-state index contributed by atoms with van der Waals surface area (Å²) in [7, 11) is 0. The zero-order chi connectivity index (χ0) is 16.9. The summed E-state index contributed by atoms with van der Waals surface area (Å²) in [4.78, 5) is 22.2. The summed E-state index contributed by atoms with van der Waals surface area (Å²) >= 11 is 0. The molecule has 0 aliphatic carbocycles. The predicted molar refractivity (Wildman–Crippen MR) is 68.3 cm³/mol. The Bertz CT molecular complexity index is 566. The number of aliphatic carboxylic acids is 1. The fraction of sp³-hybridized carbons (Fsp3) is 0.333. The van der Waals surface area contributed by atoms with E-state index in [0.29, 0.717) is 6.07 Å². The number of hydrogen-bond acceptors (Lipinski definition) is 4. The molecule has 22 heavy (non-hydrogen) atoms. The molecule has 1 unspecified atom stereocenters. The summed E-state index contributed by atoms with van der Waals surface area (Å²) in [5.74, 6) is -3.01. The van der Waals surface area contributed by atoms with E-state index in [1.807, 2.05) is 5.32 Å². The predicted octanol–water partition coefficient (Wildman–Crippen LogP) is 1.38. The summed E-state index contributed by atoms with van der Waals surface area (Å²) in [6.07, 6.45) is 0. The highest BCUT2D eigenvalue weighted by molar-refractivity contribution is 5.91. The van der Waals surface area contributed by atoms with E-state index in [-0.39, 0.29) is 5.69 Å². The second-order valence-corrected chi connectivity index (χ2v) is 4.41. The average molecular weight is 322 g/mol. The summed E-state index contributed by atoms with van der Waals surface area (Å²) in [6, 6.07) is 1.55. The van der Waals surface area contributed by atoms with Crippen LogP contribution in [-0.2, 0) is 4.79 Å². The molecule has 0 aromatic heterocycles. The lowest BCUT2D eigenvalue weighted by molar-refractivity contribution is -0.155. The Kier molecular flexibility index (Phi) is 5.57. The number of amides is 2. The van der Waals surface area contributed by atoms with Gasteiger partial charge in [0, 0.05) is 6.07 Å². The van der Waals surface area contributed by atoms with Crippen molar-refractivity contribution in [3.05, 3.63) is 24.0 Å². The monoisotopic (exact) mass is 322 g/mol. The molecule has 2 amide bonds. The number of carbonyl (C=O) groups is 2. The van der Waals surface area contributed by atoms with Gasteiger partial charge in [0.1, 0.15) is 5.82 Å². The molecule has 0 aliphatic heterocycles. The van der Waals surface area contributed by atoms with Gasteiger partial charge in [-0.1, -0.05) is 0 Å². The van der Waals surface area contributed by atoms with Crippen LogP contribution in [-0.4, -0.2) is 41.0 Å². The summed E-state index contributed by atoms with van der Waals surface area (Å²) in [5, 5.41) is 22.2. The molecule has 1 aromatic rings. The fourth-order valence-corrected chi connectivity index (χ4v) is 1.29. The van der Waals surface area contributed by atoms with E-state index < -0.39 is 42.3 Å². The lowest BCUT2D eigenvalue weighted by atomic mass is 10.1. The van der Waals surface area contributed by atoms with Gasteiger partial charge in [-0.05, 0) is 19.1 Å². The number of ether oxygens (including phenoxy) is 1. The van der Waals surface area contributed by atoms with E-state index in [0.717, 1.165) is 19.1 Å². The molecule has 0 radical (unpaired) electrons. The maximum absolute atomic E-state index is 13.0. The average Bonchev–Trinajstić information content (AvgIpc) is 2.39. The number of rotatable bonds is 6. The van der Waals surface area contributed by atoms with E-state index in [4.69, 9.17) is 5.11 Å². The number of alkyl halides is 2. The molecule has 0 fully saturated rings. The lowest BCUT2D eigenvalue weighted by Gasteiger charge is -2.19. The normalized spacial score (nSPS) is 13.4. The van der Waals surface area contributed by atoms with Gasteiger partial charge in [0.2, 0.25) is 0 Å². The van der Waals surface area contributed by atoms with Crippen molar-refractivity contribution in [3.8, 4) is 5.75 Å². The van der Waals surface area contributed by atoms with Gasteiger partial charge < -0.3 is 25.6 Å². The highest BCUT2D eigenvalue weighted by atomic mass is 19.3. The van der Waals surface area contributed by atoms with Gasteiger partial charge in [-0.25, -0.2) is 14.0 Å². The van der Waals surface area contributed by atoms with Crippen LogP contribution >= 0.6 is 0 Å². The topological polar surface area (TPSA) is 108 Å². The van der Waals surface area contributed by atoms with Crippen LogP contribution in [0.3, 0.4) is 0 Å². The molecule has 0 spiro atoms. The van der Waals surface area contributed by atoms with Crippen molar-refractivity contribution in [2.45, 2.75) is 19.1 Å². The van der Waals surface area contributed by atoms with Gasteiger partial charge in [-0.3, -0.25) is 0 Å². The van der Waals surface area contributed by atoms with Crippen LogP contribution in [0, 0.1) is 5.82 Å². The van der Waals surface area contributed by atoms with Crippen LogP contribution in [0.25, 0.3) is 0 Å². The van der Waals surface area contributed by atoms with Crippen molar-refractivity contribution in [2.24, 2.45) is 0 Å². The second kappa shape index (κ2) is 6.98. The van der Waals surface area contributed by atoms with Gasteiger partial charge in [-0.15, -0.1) is 0 Å². The summed E-state index contributed by atoms with van der Waals surface area (Å²) < 4.78 is 41.4. The first-order valence-electron chi connectivity index (χ1n) is 5.87. The first kappa shape index (κ1) is 17.6. The Balaban J connectivity index is 2.74. The number of carboxylic acid groups (broad SMARTS) is 1. The van der Waals surface area contributed by atoms with Crippen molar-refractivity contribution in [1.29, 1.82) is 0 Å². The smallest absolute Gasteiger partial charge is 0.387 e. The SMILES string of the molecule is CC(O)(CNC(=O)Nc1ccc(F)cc1OC(F)F)C(=O)O. The molecular weight excluding hydrogens is 309 g/mol. The Labute approximate surface area is 122 Å². The molecule has 1 rings (SSSR count). The van der Waals surface area contributed by atoms with E-state index in [9.17, 15) is 27.9 Å². The first-order valence-corrected chi connectivity index (χ1v) is 5.87. The molecule has 0 saturated heterocycles. The highest BCUT2D eigenvalue weighted by Crippen LogP contribution is 2.26. The molecule has 7 nitrogen and oxygen atoms in total. The summed E-state index contributed by atoms with van der Waals surface area (Å²) in [5.41, 5.74) is -2.46. The van der Waals surface area contributed by atoms with Crippen molar-refractivity contribution in [3.63, 3.8) is 0 Å². The number of nitrogens with one attached hydrogen (secondary N) is 2. The van der Waals surface area contributed by atoms with Crippen LogP contribution in [0.4, 0.5) is 23.7 Å². The third-order valence-electron chi connectivity index (χ3n) is 2.46. The van der Waals surface area contributed by atoms with E-state index >= 15 is 0 Å². The molecule has 0 aliphatic rings. The van der Waals surface area contributed by atoms with Crippen LogP contribution in [0.2, 0.25) is 0 Å². The Morgan fingerprint density at radius 1 is 1.41 bits per heavy atom. The van der Waals surface area contributed by atoms with Crippen molar-refractivity contribution < 1.29 is 37.7 Å². The van der Waals surface area contributed by atoms with Gasteiger partial charge in [0.15, 0.2) is 11.4 Å². The number of urea groups is 1. The Hall–Kier alpha value is -2.49. The fourth-order valence-electron chi connectivity index (χ4n) is 1.29. The Morgan fingerprint density at radius 2 is 2.05 bits per heavy atom. The molecule has 0 saturated carbocycles. The molecule has 0 bridgehead atoms. The van der Waals surface area contributed by atoms with E-state index in [2.05, 4.69) is 10.1 Å². The van der Waals surface area contributed by atoms with Crippen molar-refractivity contribution in [2.75, 3.05) is 11.9 Å². The molecule has 1 atom stereocenters. The van der Waals surface area contributed by atoms with Gasteiger partial charge in [0.05, 0.1) is 12.2 Å². The summed E-state index contributed by atoms with van der Waals surface area (Å²) in [6.45, 7) is -2.91. The number of carboxylic acids is 1. The van der Waals surface area contributed by atoms with E-state index in [1.54, 1.807) is 0 Å². The third kappa shape index (κ3) is 5.13. The van der Waals surface area contributed by atoms with Crippen molar-refractivity contribution in [1.82, 2.24) is 5.32 Å². The molecule has 1 aromatic carbocycles. The second-order valence-electron chi connectivity index (χ2n) is 4.41. The standard InChI is InChI=1S/C12H13F3N2O5/c1-12(21,9(18)19)5-16-11(20)17-7-3-2-6(13)4-8(7)22-10(14)15/h2-4,10,21H,5H2,1H3,(H,18,19)(H2,16,17,20). The molecule has 122 valence electrons. The third-order valence-corrected chi connectivity index (χ3v) is 2.46. The minimum Gasteiger partial charge on any atom is -0.479 e. The zero-order valence-corrected chi connectivity index (χ0v) is 11.3. The maximum atomic E-state index is 13.0. The number of aliphatic hydroxyl groups is 1. The Morgan fingerprint density at radius 3 is 2.59 bits per heavy atom. The van der Waals surface area contributed by atoms with E-state index in [1.165, 1.54) is 0 Å². The first-order chi connectivity index (χ1) is 10.1. The van der Waals surface area contributed by atoms with Crippen LogP contribution in [0.5, 0.6) is 5.75 Å². The number of halogens is 3. The van der Waals surface area contributed by atoms with Gasteiger partial charge >= 0.3 is 18.6 Å². The zero-order valence-electron chi connectivity index (χ0n) is 11.3.